The maximum absolute atomic E-state index is 13.0. The van der Waals surface area contributed by atoms with Gasteiger partial charge in [-0.2, -0.15) is 0 Å². The monoisotopic (exact) mass is 307 g/mol. The molecule has 3 nitrogen and oxygen atoms in total. The minimum absolute atomic E-state index is 0.122. The molecule has 1 saturated carbocycles. The van der Waals surface area contributed by atoms with Crippen LogP contribution in [0.2, 0.25) is 0 Å². The van der Waals surface area contributed by atoms with Gasteiger partial charge in [-0.05, 0) is 55.0 Å². The fourth-order valence-corrected chi connectivity index (χ4v) is 3.77. The van der Waals surface area contributed by atoms with Gasteiger partial charge in [-0.25, -0.2) is 0 Å². The third-order valence-electron chi connectivity index (χ3n) is 5.10. The lowest BCUT2D eigenvalue weighted by molar-refractivity contribution is -0.120. The Hall–Kier alpha value is -2.29. The molecule has 0 spiro atoms. The minimum Gasteiger partial charge on any atom is -0.497 e. The van der Waals surface area contributed by atoms with Gasteiger partial charge < -0.3 is 9.64 Å². The van der Waals surface area contributed by atoms with E-state index in [1.165, 1.54) is 11.1 Å². The van der Waals surface area contributed by atoms with Crippen LogP contribution in [0.3, 0.4) is 0 Å². The molecule has 4 rings (SSSR count). The van der Waals surface area contributed by atoms with E-state index in [-0.39, 0.29) is 17.9 Å². The lowest BCUT2D eigenvalue weighted by atomic mass is 10.1. The molecule has 1 fully saturated rings. The first-order valence-corrected chi connectivity index (χ1v) is 8.24. The van der Waals surface area contributed by atoms with Crippen LogP contribution in [-0.4, -0.2) is 19.1 Å². The smallest absolute Gasteiger partial charge is 0.231 e. The molecule has 3 unspecified atom stereocenters. The van der Waals surface area contributed by atoms with Crippen molar-refractivity contribution in [2.45, 2.75) is 31.7 Å². The SMILES string of the molecule is COc1ccc(C2CC2C(=O)N2c3ccccc3CC2C)cc1. The lowest BCUT2D eigenvalue weighted by Gasteiger charge is -2.23. The number of fused-ring (bicyclic) bond motifs is 1. The molecule has 0 N–H and O–H groups in total. The van der Waals surface area contributed by atoms with E-state index in [0.717, 1.165) is 24.3 Å². The zero-order chi connectivity index (χ0) is 16.0. The van der Waals surface area contributed by atoms with Crippen LogP contribution < -0.4 is 9.64 Å². The van der Waals surface area contributed by atoms with Crippen molar-refractivity contribution in [1.82, 2.24) is 0 Å². The lowest BCUT2D eigenvalue weighted by Crippen LogP contribution is -2.37. The van der Waals surface area contributed by atoms with Crippen LogP contribution in [0.1, 0.15) is 30.4 Å². The Morgan fingerprint density at radius 2 is 1.87 bits per heavy atom. The number of carbonyl (C=O) groups excluding carboxylic acids is 1. The standard InChI is InChI=1S/C20H21NO2/c1-13-11-15-5-3-4-6-19(15)21(13)20(22)18-12-17(18)14-7-9-16(23-2)10-8-14/h3-10,13,17-18H,11-12H2,1-2H3. The normalized spacial score (nSPS) is 25.1. The van der Waals surface area contributed by atoms with Gasteiger partial charge in [-0.15, -0.1) is 0 Å². The van der Waals surface area contributed by atoms with Gasteiger partial charge in [0.2, 0.25) is 5.91 Å². The number of methoxy groups -OCH3 is 1. The highest BCUT2D eigenvalue weighted by Gasteiger charge is 2.48. The molecule has 2 aromatic rings. The number of nitrogens with zero attached hydrogens (tertiary/aromatic N) is 1. The highest BCUT2D eigenvalue weighted by molar-refractivity contribution is 5.99. The molecule has 118 valence electrons. The van der Waals surface area contributed by atoms with Crippen molar-refractivity contribution in [3.63, 3.8) is 0 Å². The van der Waals surface area contributed by atoms with E-state index in [2.05, 4.69) is 37.3 Å². The first-order valence-electron chi connectivity index (χ1n) is 8.24. The maximum atomic E-state index is 13.0. The third-order valence-corrected chi connectivity index (χ3v) is 5.10. The topological polar surface area (TPSA) is 29.5 Å². The van der Waals surface area contributed by atoms with Crippen LogP contribution in [0.5, 0.6) is 5.75 Å². The molecule has 0 bridgehead atoms. The molecule has 0 aromatic heterocycles. The van der Waals surface area contributed by atoms with Crippen LogP contribution in [0.15, 0.2) is 48.5 Å². The molecule has 1 aliphatic carbocycles. The summed E-state index contributed by atoms with van der Waals surface area (Å²) in [7, 11) is 1.67. The highest BCUT2D eigenvalue weighted by atomic mass is 16.5. The van der Waals surface area contributed by atoms with Gasteiger partial charge in [-0.3, -0.25) is 4.79 Å². The number of amides is 1. The summed E-state index contributed by atoms with van der Waals surface area (Å²) in [6.45, 7) is 2.14. The summed E-state index contributed by atoms with van der Waals surface area (Å²) in [4.78, 5) is 15.0. The average Bonchev–Trinajstić information content (AvgIpc) is 3.30. The molecule has 0 radical (unpaired) electrons. The van der Waals surface area contributed by atoms with Gasteiger partial charge in [-0.1, -0.05) is 30.3 Å². The molecule has 3 atom stereocenters. The van der Waals surface area contributed by atoms with Crippen molar-refractivity contribution in [3.05, 3.63) is 59.7 Å². The summed E-state index contributed by atoms with van der Waals surface area (Å²) in [6.07, 6.45) is 1.92. The molecule has 1 heterocycles. The van der Waals surface area contributed by atoms with Gasteiger partial charge in [0.25, 0.3) is 0 Å². The molecule has 1 amide bonds. The van der Waals surface area contributed by atoms with Gasteiger partial charge in [0, 0.05) is 17.6 Å². The summed E-state index contributed by atoms with van der Waals surface area (Å²) in [5.41, 5.74) is 3.63. The van der Waals surface area contributed by atoms with Crippen LogP contribution in [-0.2, 0) is 11.2 Å². The Bertz CT molecular complexity index is 738. The van der Waals surface area contributed by atoms with Crippen molar-refractivity contribution in [2.24, 2.45) is 5.92 Å². The molecule has 1 aliphatic heterocycles. The second kappa shape index (κ2) is 5.41. The fraction of sp³-hybridized carbons (Fsp3) is 0.350. The fourth-order valence-electron chi connectivity index (χ4n) is 3.77. The van der Waals surface area contributed by atoms with Gasteiger partial charge in [0.1, 0.15) is 5.75 Å². The number of carbonyl (C=O) groups is 1. The van der Waals surface area contributed by atoms with E-state index in [9.17, 15) is 4.79 Å². The third kappa shape index (κ3) is 2.40. The maximum Gasteiger partial charge on any atom is 0.231 e. The van der Waals surface area contributed by atoms with E-state index in [0.29, 0.717) is 5.92 Å². The van der Waals surface area contributed by atoms with Crippen LogP contribution in [0, 0.1) is 5.92 Å². The van der Waals surface area contributed by atoms with Crippen molar-refractivity contribution in [1.29, 1.82) is 0 Å². The Morgan fingerprint density at radius 1 is 1.13 bits per heavy atom. The van der Waals surface area contributed by atoms with Gasteiger partial charge >= 0.3 is 0 Å². The zero-order valence-electron chi connectivity index (χ0n) is 13.5. The summed E-state index contributed by atoms with van der Waals surface area (Å²) in [6, 6.07) is 16.6. The van der Waals surface area contributed by atoms with Gasteiger partial charge in [0.15, 0.2) is 0 Å². The van der Waals surface area contributed by atoms with E-state index < -0.39 is 0 Å². The molecule has 2 aliphatic rings. The second-order valence-corrected chi connectivity index (χ2v) is 6.61. The predicted octanol–water partition coefficient (Wildman–Crippen LogP) is 3.78. The van der Waals surface area contributed by atoms with E-state index in [1.54, 1.807) is 7.11 Å². The summed E-state index contributed by atoms with van der Waals surface area (Å²) < 4.78 is 5.20. The number of rotatable bonds is 3. The Morgan fingerprint density at radius 3 is 2.61 bits per heavy atom. The first kappa shape index (κ1) is 14.3. The predicted molar refractivity (Wildman–Crippen MR) is 90.9 cm³/mol. The quantitative estimate of drug-likeness (QED) is 0.863. The number of ether oxygens (including phenoxy) is 1. The van der Waals surface area contributed by atoms with Crippen molar-refractivity contribution in [2.75, 3.05) is 12.0 Å². The summed E-state index contributed by atoms with van der Waals surface area (Å²) >= 11 is 0. The molecule has 23 heavy (non-hydrogen) atoms. The second-order valence-electron chi connectivity index (χ2n) is 6.61. The van der Waals surface area contributed by atoms with Crippen molar-refractivity contribution < 1.29 is 9.53 Å². The Kier molecular flexibility index (Phi) is 3.37. The molecule has 0 saturated heterocycles. The van der Waals surface area contributed by atoms with E-state index >= 15 is 0 Å². The number of hydrogen-bond donors (Lipinski definition) is 0. The average molecular weight is 307 g/mol. The Labute approximate surface area is 136 Å². The molecule has 3 heteroatoms. The van der Waals surface area contributed by atoms with Crippen LogP contribution >= 0.6 is 0 Å². The Balaban J connectivity index is 1.52. The van der Waals surface area contributed by atoms with E-state index in [1.807, 2.05) is 23.1 Å². The first-order chi connectivity index (χ1) is 11.2. The highest BCUT2D eigenvalue weighted by Crippen LogP contribution is 2.50. The largest absolute Gasteiger partial charge is 0.497 e. The summed E-state index contributed by atoms with van der Waals surface area (Å²) in [5.74, 6) is 1.62. The van der Waals surface area contributed by atoms with Crippen molar-refractivity contribution in [3.8, 4) is 5.75 Å². The summed E-state index contributed by atoms with van der Waals surface area (Å²) in [5, 5.41) is 0. The van der Waals surface area contributed by atoms with E-state index in [4.69, 9.17) is 4.74 Å². The number of benzene rings is 2. The number of para-hydroxylation sites is 1. The molecular weight excluding hydrogens is 286 g/mol. The molecular formula is C20H21NO2. The molecule has 2 aromatic carbocycles. The zero-order valence-corrected chi connectivity index (χ0v) is 13.5. The van der Waals surface area contributed by atoms with Crippen molar-refractivity contribution >= 4 is 11.6 Å². The number of anilines is 1. The van der Waals surface area contributed by atoms with Crippen LogP contribution in [0.4, 0.5) is 5.69 Å². The van der Waals surface area contributed by atoms with Crippen LogP contribution in [0.25, 0.3) is 0 Å². The minimum atomic E-state index is 0.122. The number of hydrogen-bond acceptors (Lipinski definition) is 2. The van der Waals surface area contributed by atoms with Gasteiger partial charge in [0.05, 0.1) is 7.11 Å².